The van der Waals surface area contributed by atoms with Crippen LogP contribution < -0.4 is 0 Å². The molecule has 5 heteroatoms. The van der Waals surface area contributed by atoms with Gasteiger partial charge in [-0.15, -0.1) is 0 Å². The minimum absolute atomic E-state index is 0.350. The predicted octanol–water partition coefficient (Wildman–Crippen LogP) is 4.16. The molecule has 1 unspecified atom stereocenters. The molecular weight excluding hydrogens is 324 g/mol. The third kappa shape index (κ3) is 3.71. The fraction of sp³-hybridized carbons (Fsp3) is 0.350. The Morgan fingerprint density at radius 3 is 2.40 bits per heavy atom. The molecule has 2 aromatic carbocycles. The van der Waals surface area contributed by atoms with E-state index in [0.29, 0.717) is 31.5 Å². The first kappa shape index (κ1) is 17.5. The summed E-state index contributed by atoms with van der Waals surface area (Å²) >= 11 is 0. The van der Waals surface area contributed by atoms with Crippen LogP contribution in [0.25, 0.3) is 0 Å². The number of carbonyl (C=O) groups is 1. The van der Waals surface area contributed by atoms with Crippen molar-refractivity contribution in [3.63, 3.8) is 0 Å². The number of halogens is 2. The topological polar surface area (TPSA) is 40.5 Å². The molecule has 0 saturated carbocycles. The van der Waals surface area contributed by atoms with Crippen molar-refractivity contribution in [2.45, 2.75) is 25.8 Å². The number of nitrogens with zero attached hydrogens (tertiary/aromatic N) is 1. The number of hydrogen-bond acceptors (Lipinski definition) is 2. The molecule has 1 heterocycles. The van der Waals surface area contributed by atoms with Gasteiger partial charge in [0.05, 0.1) is 12.0 Å². The van der Waals surface area contributed by atoms with Crippen LogP contribution in [-0.2, 0) is 4.79 Å². The lowest BCUT2D eigenvalue weighted by Crippen LogP contribution is -2.39. The lowest BCUT2D eigenvalue weighted by Gasteiger charge is -2.37. The van der Waals surface area contributed by atoms with Crippen molar-refractivity contribution in [1.82, 2.24) is 4.90 Å². The first-order valence-electron chi connectivity index (χ1n) is 8.44. The molecule has 3 nitrogen and oxygen atoms in total. The van der Waals surface area contributed by atoms with Crippen LogP contribution in [0.5, 0.6) is 0 Å². The molecule has 1 aliphatic heterocycles. The Kier molecular flexibility index (Phi) is 5.13. The van der Waals surface area contributed by atoms with Crippen molar-refractivity contribution >= 4 is 5.97 Å². The number of carboxylic acid groups (broad SMARTS) is 1. The molecule has 0 bridgehead atoms. The Morgan fingerprint density at radius 1 is 1.12 bits per heavy atom. The molecule has 0 aromatic heterocycles. The summed E-state index contributed by atoms with van der Waals surface area (Å²) in [6.45, 7) is 3.09. The normalized spacial score (nSPS) is 17.4. The first-order chi connectivity index (χ1) is 12.0. The van der Waals surface area contributed by atoms with Gasteiger partial charge in [0.2, 0.25) is 0 Å². The van der Waals surface area contributed by atoms with Gasteiger partial charge in [0.25, 0.3) is 0 Å². The van der Waals surface area contributed by atoms with Crippen LogP contribution in [0.2, 0.25) is 0 Å². The van der Waals surface area contributed by atoms with Gasteiger partial charge >= 0.3 is 5.97 Å². The third-order valence-corrected chi connectivity index (χ3v) is 4.98. The standard InChI is InChI=1S/C20H21F2NO2/c1-13-4-2-3-5-16(13)19(17-7-6-15(21)12-18(17)22)23-10-8-14(9-11-23)20(24)25/h2-7,12,14,19H,8-11H2,1H3,(H,24,25). The van der Waals surface area contributed by atoms with Gasteiger partial charge in [0.1, 0.15) is 11.6 Å². The van der Waals surface area contributed by atoms with Crippen LogP contribution in [0.3, 0.4) is 0 Å². The van der Waals surface area contributed by atoms with Crippen molar-refractivity contribution in [1.29, 1.82) is 0 Å². The number of piperidine rings is 1. The van der Waals surface area contributed by atoms with Crippen molar-refractivity contribution < 1.29 is 18.7 Å². The van der Waals surface area contributed by atoms with Crippen LogP contribution >= 0.6 is 0 Å². The maximum atomic E-state index is 14.5. The molecule has 2 aromatic rings. The SMILES string of the molecule is Cc1ccccc1C(c1ccc(F)cc1F)N1CCC(C(=O)O)CC1. The zero-order valence-corrected chi connectivity index (χ0v) is 14.1. The molecule has 3 rings (SSSR count). The summed E-state index contributed by atoms with van der Waals surface area (Å²) in [5.74, 6) is -2.31. The molecule has 1 saturated heterocycles. The highest BCUT2D eigenvalue weighted by Gasteiger charge is 2.32. The highest BCUT2D eigenvalue weighted by molar-refractivity contribution is 5.70. The molecule has 25 heavy (non-hydrogen) atoms. The molecular formula is C20H21F2NO2. The number of likely N-dealkylation sites (tertiary alicyclic amines) is 1. The van der Waals surface area contributed by atoms with Crippen molar-refractivity contribution in [3.05, 3.63) is 70.8 Å². The van der Waals surface area contributed by atoms with E-state index in [1.54, 1.807) is 0 Å². The highest BCUT2D eigenvalue weighted by atomic mass is 19.1. The molecule has 0 spiro atoms. The summed E-state index contributed by atoms with van der Waals surface area (Å²) in [6.07, 6.45) is 1.06. The molecule has 1 aliphatic rings. The van der Waals surface area contributed by atoms with E-state index in [1.807, 2.05) is 31.2 Å². The fourth-order valence-corrected chi connectivity index (χ4v) is 3.58. The summed E-state index contributed by atoms with van der Waals surface area (Å²) in [5, 5.41) is 9.20. The zero-order valence-electron chi connectivity index (χ0n) is 14.1. The number of carboxylic acids is 1. The molecule has 132 valence electrons. The number of rotatable bonds is 4. The van der Waals surface area contributed by atoms with Gasteiger partial charge < -0.3 is 5.11 Å². The summed E-state index contributed by atoms with van der Waals surface area (Å²) in [6, 6.07) is 11.1. The minimum Gasteiger partial charge on any atom is -0.481 e. The monoisotopic (exact) mass is 345 g/mol. The summed E-state index contributed by atoms with van der Waals surface area (Å²) in [5.41, 5.74) is 2.41. The minimum atomic E-state index is -0.778. The molecule has 1 fully saturated rings. The third-order valence-electron chi connectivity index (χ3n) is 4.98. The smallest absolute Gasteiger partial charge is 0.306 e. The average Bonchev–Trinajstić information content (AvgIpc) is 2.59. The van der Waals surface area contributed by atoms with Gasteiger partial charge in [-0.3, -0.25) is 9.69 Å². The van der Waals surface area contributed by atoms with Crippen LogP contribution in [0.1, 0.15) is 35.6 Å². The molecule has 0 aliphatic carbocycles. The number of aliphatic carboxylic acids is 1. The first-order valence-corrected chi connectivity index (χ1v) is 8.44. The quantitative estimate of drug-likeness (QED) is 0.905. The van der Waals surface area contributed by atoms with E-state index < -0.39 is 17.6 Å². The average molecular weight is 345 g/mol. The van der Waals surface area contributed by atoms with Crippen molar-refractivity contribution in [2.75, 3.05) is 13.1 Å². The van der Waals surface area contributed by atoms with Gasteiger partial charge in [-0.1, -0.05) is 30.3 Å². The van der Waals surface area contributed by atoms with Crippen LogP contribution in [-0.4, -0.2) is 29.1 Å². The highest BCUT2D eigenvalue weighted by Crippen LogP contribution is 2.35. The predicted molar refractivity (Wildman–Crippen MR) is 91.3 cm³/mol. The molecule has 0 radical (unpaired) electrons. The molecule has 0 amide bonds. The summed E-state index contributed by atoms with van der Waals surface area (Å²) < 4.78 is 27.9. The molecule has 1 atom stereocenters. The van der Waals surface area contributed by atoms with Crippen LogP contribution in [0, 0.1) is 24.5 Å². The lowest BCUT2D eigenvalue weighted by atomic mass is 9.89. The Morgan fingerprint density at radius 2 is 1.80 bits per heavy atom. The number of benzene rings is 2. The molecule has 1 N–H and O–H groups in total. The van der Waals surface area contributed by atoms with Gasteiger partial charge in [0, 0.05) is 11.6 Å². The van der Waals surface area contributed by atoms with E-state index in [-0.39, 0.29) is 12.0 Å². The lowest BCUT2D eigenvalue weighted by molar-refractivity contribution is -0.143. The zero-order chi connectivity index (χ0) is 18.0. The Labute approximate surface area is 145 Å². The summed E-state index contributed by atoms with van der Waals surface area (Å²) in [4.78, 5) is 13.3. The largest absolute Gasteiger partial charge is 0.481 e. The maximum Gasteiger partial charge on any atom is 0.306 e. The second-order valence-corrected chi connectivity index (χ2v) is 6.57. The van der Waals surface area contributed by atoms with Crippen molar-refractivity contribution in [2.24, 2.45) is 5.92 Å². The Balaban J connectivity index is 1.99. The Bertz CT molecular complexity index is 770. The van der Waals surface area contributed by atoms with Crippen LogP contribution in [0.4, 0.5) is 8.78 Å². The second-order valence-electron chi connectivity index (χ2n) is 6.57. The number of hydrogen-bond donors (Lipinski definition) is 1. The number of aryl methyl sites for hydroxylation is 1. The van der Waals surface area contributed by atoms with E-state index in [0.717, 1.165) is 17.2 Å². The second kappa shape index (κ2) is 7.31. The van der Waals surface area contributed by atoms with E-state index in [4.69, 9.17) is 0 Å². The van der Waals surface area contributed by atoms with Gasteiger partial charge in [0.15, 0.2) is 0 Å². The summed E-state index contributed by atoms with van der Waals surface area (Å²) in [7, 11) is 0. The maximum absolute atomic E-state index is 14.5. The van der Waals surface area contributed by atoms with E-state index in [9.17, 15) is 18.7 Å². The van der Waals surface area contributed by atoms with E-state index in [1.165, 1.54) is 12.1 Å². The van der Waals surface area contributed by atoms with Crippen molar-refractivity contribution in [3.8, 4) is 0 Å². The van der Waals surface area contributed by atoms with Crippen LogP contribution in [0.15, 0.2) is 42.5 Å². The van der Waals surface area contributed by atoms with E-state index >= 15 is 0 Å². The Hall–Kier alpha value is -2.27. The van der Waals surface area contributed by atoms with Gasteiger partial charge in [-0.25, -0.2) is 8.78 Å². The van der Waals surface area contributed by atoms with Gasteiger partial charge in [-0.05, 0) is 50.0 Å². The van der Waals surface area contributed by atoms with Gasteiger partial charge in [-0.2, -0.15) is 0 Å². The van der Waals surface area contributed by atoms with E-state index in [2.05, 4.69) is 4.90 Å². The fourth-order valence-electron chi connectivity index (χ4n) is 3.58.